The number of carbonyl (C=O) groups excluding carboxylic acids is 2. The second kappa shape index (κ2) is 11.8. The minimum absolute atomic E-state index is 0.0101. The number of hydrogen-bond acceptors (Lipinski definition) is 7. The first kappa shape index (κ1) is 24.8. The molecule has 33 heavy (non-hydrogen) atoms. The molecule has 9 N–H and O–H groups in total. The van der Waals surface area contributed by atoms with Crippen molar-refractivity contribution < 1.29 is 9.59 Å². The van der Waals surface area contributed by atoms with E-state index in [4.69, 9.17) is 22.9 Å². The lowest BCUT2D eigenvalue weighted by molar-refractivity contribution is -0.119. The topological polar surface area (TPSA) is 198 Å². The summed E-state index contributed by atoms with van der Waals surface area (Å²) in [5, 5.41) is 11.2. The molecule has 12 nitrogen and oxygen atoms in total. The normalized spacial score (nSPS) is 12.5. The van der Waals surface area contributed by atoms with Gasteiger partial charge in [0, 0.05) is 38.0 Å². The van der Waals surface area contributed by atoms with Crippen molar-refractivity contribution in [1.29, 1.82) is 0 Å². The second-order valence-corrected chi connectivity index (χ2v) is 6.73. The van der Waals surface area contributed by atoms with Gasteiger partial charge in [-0.2, -0.15) is 10.2 Å². The number of hydrogen-bond donors (Lipinski definition) is 5. The Labute approximate surface area is 190 Å². The number of aliphatic imine (C=N–C) groups is 1. The molecule has 1 atom stereocenters. The van der Waals surface area contributed by atoms with Gasteiger partial charge in [-0.05, 0) is 36.8 Å². The molecule has 1 unspecified atom stereocenters. The Kier molecular flexibility index (Phi) is 8.88. The van der Waals surface area contributed by atoms with Gasteiger partial charge in [0.05, 0.1) is 28.7 Å². The van der Waals surface area contributed by atoms with Crippen LogP contribution in [0.15, 0.2) is 71.9 Å². The van der Waals surface area contributed by atoms with Gasteiger partial charge in [0.15, 0.2) is 0 Å². The summed E-state index contributed by atoms with van der Waals surface area (Å²) in [5.74, 6) is -1.09. The van der Waals surface area contributed by atoms with Crippen molar-refractivity contribution in [3.05, 3.63) is 66.9 Å². The molecule has 0 saturated carbocycles. The predicted molar refractivity (Wildman–Crippen MR) is 126 cm³/mol. The van der Waals surface area contributed by atoms with Gasteiger partial charge in [0.25, 0.3) is 5.91 Å². The molecule has 2 aromatic heterocycles. The van der Waals surface area contributed by atoms with E-state index in [0.717, 1.165) is 11.4 Å². The molecule has 0 aliphatic carbocycles. The summed E-state index contributed by atoms with van der Waals surface area (Å²) < 4.78 is 3.39. The first-order valence-electron chi connectivity index (χ1n) is 9.98. The fraction of sp³-hybridized carbons (Fsp3) is 0.190. The molecule has 0 saturated heterocycles. The van der Waals surface area contributed by atoms with E-state index in [0.29, 0.717) is 12.1 Å². The Balaban J connectivity index is 0.000000479. The summed E-state index contributed by atoms with van der Waals surface area (Å²) in [4.78, 5) is 25.9. The Hall–Kier alpha value is -4.45. The molecule has 12 heteroatoms. The molecule has 2 amide bonds. The fourth-order valence-electron chi connectivity index (χ4n) is 2.57. The minimum atomic E-state index is -0.670. The van der Waals surface area contributed by atoms with E-state index >= 15 is 0 Å². The number of primary amides is 2. The monoisotopic (exact) mass is 452 g/mol. The minimum Gasteiger partial charge on any atom is -0.393 e. The van der Waals surface area contributed by atoms with E-state index in [-0.39, 0.29) is 11.4 Å². The molecule has 0 bridgehead atoms. The average Bonchev–Trinajstić information content (AvgIpc) is 3.51. The van der Waals surface area contributed by atoms with Crippen molar-refractivity contribution in [2.24, 2.45) is 27.9 Å². The summed E-state index contributed by atoms with van der Waals surface area (Å²) in [5.41, 5.74) is 23.4. The maximum Gasteiger partial charge on any atom is 0.253 e. The molecule has 3 rings (SSSR count). The summed E-state index contributed by atoms with van der Waals surface area (Å²) in [6.07, 6.45) is 9.02. The average molecular weight is 453 g/mol. The number of nitrogens with one attached hydrogen (secondary N) is 1. The van der Waals surface area contributed by atoms with Gasteiger partial charge in [-0.25, -0.2) is 14.4 Å². The van der Waals surface area contributed by atoms with Crippen molar-refractivity contribution in [3.63, 3.8) is 0 Å². The van der Waals surface area contributed by atoms with E-state index in [9.17, 15) is 9.59 Å². The molecule has 0 aliphatic rings. The van der Waals surface area contributed by atoms with Gasteiger partial charge in [0.2, 0.25) is 5.91 Å². The van der Waals surface area contributed by atoms with Crippen LogP contribution in [-0.2, 0) is 9.59 Å². The van der Waals surface area contributed by atoms with Gasteiger partial charge in [0.1, 0.15) is 5.84 Å². The van der Waals surface area contributed by atoms with E-state index < -0.39 is 17.9 Å². The van der Waals surface area contributed by atoms with E-state index in [1.165, 1.54) is 6.20 Å². The quantitative estimate of drug-likeness (QED) is 0.178. The smallest absolute Gasteiger partial charge is 0.253 e. The van der Waals surface area contributed by atoms with Crippen molar-refractivity contribution in [2.75, 3.05) is 7.05 Å². The lowest BCUT2D eigenvalue weighted by atomic mass is 10.2. The van der Waals surface area contributed by atoms with Crippen LogP contribution in [-0.4, -0.2) is 50.3 Å². The van der Waals surface area contributed by atoms with Gasteiger partial charge in [-0.3, -0.25) is 9.59 Å². The number of nitrogens with zero attached hydrogens (tertiary/aromatic N) is 5. The summed E-state index contributed by atoms with van der Waals surface area (Å²) in [6, 6.07) is 8.68. The molecule has 0 spiro atoms. The third-order valence-corrected chi connectivity index (χ3v) is 4.31. The molecular formula is C21H28N10O2. The van der Waals surface area contributed by atoms with Gasteiger partial charge in [-0.15, -0.1) is 0 Å². The highest BCUT2D eigenvalue weighted by Crippen LogP contribution is 2.23. The number of amidine groups is 1. The predicted octanol–water partition coefficient (Wildman–Crippen LogP) is -0.156. The summed E-state index contributed by atoms with van der Waals surface area (Å²) in [7, 11) is 1.64. The lowest BCUT2D eigenvalue weighted by Gasteiger charge is -2.09. The molecule has 0 aliphatic heterocycles. The summed E-state index contributed by atoms with van der Waals surface area (Å²) in [6.45, 7) is 1.81. The molecule has 0 fully saturated rings. The highest BCUT2D eigenvalue weighted by molar-refractivity contribution is 6.20. The highest BCUT2D eigenvalue weighted by Gasteiger charge is 2.11. The van der Waals surface area contributed by atoms with E-state index in [1.807, 2.05) is 37.5 Å². The molecule has 1 aromatic carbocycles. The van der Waals surface area contributed by atoms with Crippen LogP contribution in [0.4, 0.5) is 5.69 Å². The van der Waals surface area contributed by atoms with Gasteiger partial charge < -0.3 is 28.3 Å². The Morgan fingerprint density at radius 3 is 1.94 bits per heavy atom. The summed E-state index contributed by atoms with van der Waals surface area (Å²) >= 11 is 0. The van der Waals surface area contributed by atoms with E-state index in [1.54, 1.807) is 40.9 Å². The van der Waals surface area contributed by atoms with Crippen LogP contribution in [0.25, 0.3) is 11.4 Å². The number of rotatable bonds is 8. The zero-order chi connectivity index (χ0) is 24.4. The first-order valence-corrected chi connectivity index (χ1v) is 9.98. The van der Waals surface area contributed by atoms with E-state index in [2.05, 4.69) is 20.5 Å². The standard InChI is InChI=1S/C17H18N8O.C4H10N2O/c1-20-11-15(17(19)26)16(18)23-12-8-13(24-6-2-4-21-24)10-14(9-12)25-7-3-5-22-25;1-2-3(5)4(6)7/h2-11,20H,1H3,(H2,18,23)(H2,19,26);3H,2,5H2,1H3,(H2,6,7)/b15-11+;. The number of aromatic nitrogens is 4. The number of amides is 2. The van der Waals surface area contributed by atoms with Crippen LogP contribution in [0.5, 0.6) is 0 Å². The third kappa shape index (κ3) is 7.04. The number of nitrogens with two attached hydrogens (primary N) is 4. The van der Waals surface area contributed by atoms with Crippen molar-refractivity contribution in [2.45, 2.75) is 19.4 Å². The zero-order valence-electron chi connectivity index (χ0n) is 18.4. The number of carbonyl (C=O) groups is 2. The van der Waals surface area contributed by atoms with Gasteiger partial charge in [-0.1, -0.05) is 6.92 Å². The van der Waals surface area contributed by atoms with Crippen molar-refractivity contribution in [3.8, 4) is 11.4 Å². The van der Waals surface area contributed by atoms with Crippen LogP contribution < -0.4 is 28.3 Å². The molecule has 0 radical (unpaired) electrons. The van der Waals surface area contributed by atoms with Crippen LogP contribution >= 0.6 is 0 Å². The number of benzene rings is 1. The zero-order valence-corrected chi connectivity index (χ0v) is 18.4. The maximum absolute atomic E-state index is 11.6. The van der Waals surface area contributed by atoms with Crippen LogP contribution in [0.3, 0.4) is 0 Å². The van der Waals surface area contributed by atoms with Crippen molar-refractivity contribution in [1.82, 2.24) is 24.9 Å². The molecular weight excluding hydrogens is 424 g/mol. The Morgan fingerprint density at radius 2 is 1.61 bits per heavy atom. The third-order valence-electron chi connectivity index (χ3n) is 4.31. The molecule has 3 aromatic rings. The SMILES string of the molecule is CCC(N)C(N)=O.CN/C=C(/C(N)=O)C(N)=Nc1cc(-n2cccn2)cc(-n2cccn2)c1. The first-order chi connectivity index (χ1) is 15.8. The van der Waals surface area contributed by atoms with Crippen LogP contribution in [0.2, 0.25) is 0 Å². The molecule has 174 valence electrons. The highest BCUT2D eigenvalue weighted by atomic mass is 16.1. The lowest BCUT2D eigenvalue weighted by Crippen LogP contribution is -2.35. The molecule has 2 heterocycles. The van der Waals surface area contributed by atoms with Gasteiger partial charge >= 0.3 is 0 Å². The van der Waals surface area contributed by atoms with Crippen LogP contribution in [0.1, 0.15) is 13.3 Å². The van der Waals surface area contributed by atoms with Crippen LogP contribution in [0, 0.1) is 0 Å². The maximum atomic E-state index is 11.6. The Morgan fingerprint density at radius 1 is 1.06 bits per heavy atom. The van der Waals surface area contributed by atoms with Crippen molar-refractivity contribution >= 4 is 23.3 Å². The Bertz CT molecular complexity index is 1070. The fourth-order valence-corrected chi connectivity index (χ4v) is 2.57. The largest absolute Gasteiger partial charge is 0.393 e. The second-order valence-electron chi connectivity index (χ2n) is 6.73.